The van der Waals surface area contributed by atoms with Crippen molar-refractivity contribution in [3.05, 3.63) is 71.7 Å². The Morgan fingerprint density at radius 2 is 1.89 bits per heavy atom. The van der Waals surface area contributed by atoms with Crippen LogP contribution in [0.15, 0.2) is 53.2 Å². The summed E-state index contributed by atoms with van der Waals surface area (Å²) < 4.78 is 7.57. The monoisotopic (exact) mass is 366 g/mol. The molecule has 1 aromatic carbocycles. The molecule has 1 atom stereocenters. The average molecular weight is 366 g/mol. The van der Waals surface area contributed by atoms with Gasteiger partial charge in [0.15, 0.2) is 0 Å². The molecule has 1 aliphatic rings. The minimum absolute atomic E-state index is 0.661. The highest BCUT2D eigenvalue weighted by Crippen LogP contribution is 2.30. The second kappa shape index (κ2) is 7.58. The fourth-order valence-corrected chi connectivity index (χ4v) is 3.72. The zero-order chi connectivity index (χ0) is 18.8. The topological polar surface area (TPSA) is 57.7 Å². The van der Waals surface area contributed by atoms with E-state index in [0.29, 0.717) is 5.82 Å². The zero-order valence-electron chi connectivity index (χ0n) is 15.9. The third-order valence-corrected chi connectivity index (χ3v) is 5.22. The Kier molecular flexibility index (Phi) is 5.01. The van der Waals surface area contributed by atoms with Crippen molar-refractivity contribution in [2.24, 2.45) is 7.05 Å². The molecule has 4 rings (SSSR count). The highest BCUT2D eigenvalue weighted by Gasteiger charge is 2.24. The largest absolute Gasteiger partial charge is 0.465 e. The zero-order valence-corrected chi connectivity index (χ0v) is 15.9. The molecular formula is C21H26N4O2. The number of aromatic nitrogens is 2. The van der Waals surface area contributed by atoms with Crippen molar-refractivity contribution in [3.8, 4) is 0 Å². The number of piperazine rings is 1. The lowest BCUT2D eigenvalue weighted by Crippen LogP contribution is -2.46. The molecule has 0 radical (unpaired) electrons. The molecule has 1 unspecified atom stereocenters. The van der Waals surface area contributed by atoms with E-state index >= 15 is 0 Å². The van der Waals surface area contributed by atoms with Gasteiger partial charge in [-0.25, -0.2) is 4.98 Å². The van der Waals surface area contributed by atoms with Crippen molar-refractivity contribution in [1.82, 2.24) is 14.5 Å². The van der Waals surface area contributed by atoms with Crippen LogP contribution in [0.4, 0.5) is 5.69 Å². The molecule has 0 saturated carbocycles. The second-order valence-corrected chi connectivity index (χ2v) is 7.13. The Balaban J connectivity index is 1.46. The predicted octanol–water partition coefficient (Wildman–Crippen LogP) is 2.73. The smallest absolute Gasteiger partial charge is 0.142 e. The van der Waals surface area contributed by atoms with Gasteiger partial charge in [0.1, 0.15) is 23.4 Å². The Morgan fingerprint density at radius 3 is 2.56 bits per heavy atom. The number of para-hydroxylation sites is 1. The molecule has 3 aromatic rings. The van der Waals surface area contributed by atoms with Crippen LogP contribution in [0.5, 0.6) is 0 Å². The number of aryl methyl sites for hydroxylation is 2. The molecule has 27 heavy (non-hydrogen) atoms. The first-order chi connectivity index (χ1) is 13.1. The maximum absolute atomic E-state index is 10.9. The summed E-state index contributed by atoms with van der Waals surface area (Å²) in [5.74, 6) is 2.64. The lowest BCUT2D eigenvalue weighted by Gasteiger charge is -2.37. The first-order valence-corrected chi connectivity index (χ1v) is 9.38. The van der Waals surface area contributed by atoms with Crippen LogP contribution in [0.3, 0.4) is 0 Å². The third-order valence-electron chi connectivity index (χ3n) is 5.22. The summed E-state index contributed by atoms with van der Waals surface area (Å²) in [6.45, 7) is 6.59. The van der Waals surface area contributed by atoms with Crippen LogP contribution in [-0.2, 0) is 13.6 Å². The van der Waals surface area contributed by atoms with Gasteiger partial charge in [0.05, 0.1) is 6.54 Å². The third kappa shape index (κ3) is 3.77. The van der Waals surface area contributed by atoms with Gasteiger partial charge in [-0.05, 0) is 25.1 Å². The molecule has 1 saturated heterocycles. The summed E-state index contributed by atoms with van der Waals surface area (Å²) in [5, 5.41) is 10.9. The molecule has 0 aliphatic carbocycles. The summed E-state index contributed by atoms with van der Waals surface area (Å²) in [6.07, 6.45) is 2.84. The molecule has 1 aliphatic heterocycles. The van der Waals surface area contributed by atoms with Crippen molar-refractivity contribution in [2.45, 2.75) is 19.6 Å². The number of nitrogens with zero attached hydrogens (tertiary/aromatic N) is 4. The Labute approximate surface area is 159 Å². The Bertz CT molecular complexity index is 893. The second-order valence-electron chi connectivity index (χ2n) is 7.13. The standard InChI is InChI=1S/C21H26N4O2/c1-16-7-8-17(27-16)15-24-11-13-25(14-12-24)19-6-4-3-5-18(19)20(26)21-22-9-10-23(21)2/h3-10,20,26H,11-15H2,1-2H3. The summed E-state index contributed by atoms with van der Waals surface area (Å²) in [7, 11) is 1.91. The molecule has 3 heterocycles. The van der Waals surface area contributed by atoms with E-state index in [2.05, 4.69) is 26.9 Å². The molecule has 1 fully saturated rings. The van der Waals surface area contributed by atoms with E-state index in [1.807, 2.05) is 49.0 Å². The number of hydrogen-bond donors (Lipinski definition) is 1. The van der Waals surface area contributed by atoms with E-state index in [1.54, 1.807) is 6.20 Å². The highest BCUT2D eigenvalue weighted by atomic mass is 16.3. The number of hydrogen-bond acceptors (Lipinski definition) is 5. The van der Waals surface area contributed by atoms with E-state index in [-0.39, 0.29) is 0 Å². The number of furan rings is 1. The van der Waals surface area contributed by atoms with Gasteiger partial charge in [0, 0.05) is 56.9 Å². The number of imidazole rings is 1. The van der Waals surface area contributed by atoms with E-state index < -0.39 is 6.10 Å². The fraction of sp³-hybridized carbons (Fsp3) is 0.381. The molecule has 0 spiro atoms. The average Bonchev–Trinajstić information content (AvgIpc) is 3.30. The normalized spacial score (nSPS) is 16.6. The van der Waals surface area contributed by atoms with Crippen LogP contribution in [0.1, 0.15) is 29.0 Å². The molecule has 0 amide bonds. The molecule has 6 heteroatoms. The van der Waals surface area contributed by atoms with Crippen molar-refractivity contribution in [3.63, 3.8) is 0 Å². The van der Waals surface area contributed by atoms with Crippen LogP contribution in [-0.4, -0.2) is 45.7 Å². The quantitative estimate of drug-likeness (QED) is 0.752. The van der Waals surface area contributed by atoms with Gasteiger partial charge in [0.2, 0.25) is 0 Å². The lowest BCUT2D eigenvalue weighted by atomic mass is 10.0. The maximum Gasteiger partial charge on any atom is 0.142 e. The van der Waals surface area contributed by atoms with Gasteiger partial charge < -0.3 is 19.0 Å². The Morgan fingerprint density at radius 1 is 1.11 bits per heavy atom. The SMILES string of the molecule is Cc1ccc(CN2CCN(c3ccccc3C(O)c3nccn3C)CC2)o1. The Hall–Kier alpha value is -2.57. The van der Waals surface area contributed by atoms with Crippen LogP contribution < -0.4 is 4.90 Å². The number of aliphatic hydroxyl groups is 1. The van der Waals surface area contributed by atoms with E-state index in [0.717, 1.165) is 55.5 Å². The van der Waals surface area contributed by atoms with Crippen LogP contribution in [0.2, 0.25) is 0 Å². The van der Waals surface area contributed by atoms with E-state index in [1.165, 1.54) is 0 Å². The summed E-state index contributed by atoms with van der Waals surface area (Å²) in [4.78, 5) is 9.08. The summed E-state index contributed by atoms with van der Waals surface area (Å²) >= 11 is 0. The van der Waals surface area contributed by atoms with Gasteiger partial charge in [-0.3, -0.25) is 4.90 Å². The summed E-state index contributed by atoms with van der Waals surface area (Å²) in [6, 6.07) is 12.2. The maximum atomic E-state index is 10.9. The van der Waals surface area contributed by atoms with Gasteiger partial charge in [-0.15, -0.1) is 0 Å². The van der Waals surface area contributed by atoms with Gasteiger partial charge in [-0.1, -0.05) is 18.2 Å². The van der Waals surface area contributed by atoms with Crippen LogP contribution in [0, 0.1) is 6.92 Å². The fourth-order valence-electron chi connectivity index (χ4n) is 3.72. The number of benzene rings is 1. The summed E-state index contributed by atoms with van der Waals surface area (Å²) in [5.41, 5.74) is 1.99. The van der Waals surface area contributed by atoms with Crippen molar-refractivity contribution in [1.29, 1.82) is 0 Å². The van der Waals surface area contributed by atoms with Crippen LogP contribution >= 0.6 is 0 Å². The minimum atomic E-state index is -0.731. The van der Waals surface area contributed by atoms with Crippen LogP contribution in [0.25, 0.3) is 0 Å². The lowest BCUT2D eigenvalue weighted by molar-refractivity contribution is 0.205. The molecule has 6 nitrogen and oxygen atoms in total. The van der Waals surface area contributed by atoms with Crippen molar-refractivity contribution < 1.29 is 9.52 Å². The molecular weight excluding hydrogens is 340 g/mol. The predicted molar refractivity (Wildman–Crippen MR) is 105 cm³/mol. The van der Waals surface area contributed by atoms with Crippen molar-refractivity contribution in [2.75, 3.05) is 31.1 Å². The highest BCUT2D eigenvalue weighted by molar-refractivity contribution is 5.56. The van der Waals surface area contributed by atoms with Gasteiger partial charge in [0.25, 0.3) is 0 Å². The van der Waals surface area contributed by atoms with Gasteiger partial charge >= 0.3 is 0 Å². The van der Waals surface area contributed by atoms with Gasteiger partial charge in [-0.2, -0.15) is 0 Å². The van der Waals surface area contributed by atoms with E-state index in [4.69, 9.17) is 4.42 Å². The molecule has 142 valence electrons. The first-order valence-electron chi connectivity index (χ1n) is 9.38. The molecule has 2 aromatic heterocycles. The molecule has 0 bridgehead atoms. The first kappa shape index (κ1) is 17.8. The molecule has 1 N–H and O–H groups in total. The number of rotatable bonds is 5. The van der Waals surface area contributed by atoms with E-state index in [9.17, 15) is 5.11 Å². The number of aliphatic hydroxyl groups excluding tert-OH is 1. The minimum Gasteiger partial charge on any atom is -0.465 e. The van der Waals surface area contributed by atoms with Crippen molar-refractivity contribution >= 4 is 5.69 Å². The number of anilines is 1.